The van der Waals surface area contributed by atoms with Crippen LogP contribution in [0.1, 0.15) is 53.7 Å². The molecule has 0 bridgehead atoms. The molecule has 1 heterocycles. The van der Waals surface area contributed by atoms with Crippen molar-refractivity contribution in [3.05, 3.63) is 93.0 Å². The monoisotopic (exact) mass is 676 g/mol. The van der Waals surface area contributed by atoms with E-state index in [0.717, 1.165) is 54.7 Å². The Morgan fingerprint density at radius 3 is 2.40 bits per heavy atom. The molecular formula is C36H42Cl2N6O3. The third-order valence-electron chi connectivity index (χ3n) is 8.23. The van der Waals surface area contributed by atoms with Gasteiger partial charge in [-0.3, -0.25) is 9.69 Å². The zero-order valence-corrected chi connectivity index (χ0v) is 29.3. The maximum absolute atomic E-state index is 13.2. The highest BCUT2D eigenvalue weighted by molar-refractivity contribution is 6.35. The topological polar surface area (TPSA) is 99.7 Å². The van der Waals surface area contributed by atoms with Crippen LogP contribution in [0.4, 0.5) is 22.1 Å². The summed E-state index contributed by atoms with van der Waals surface area (Å²) in [6.07, 6.45) is 1.21. The first-order chi connectivity index (χ1) is 22.5. The summed E-state index contributed by atoms with van der Waals surface area (Å²) in [5.74, 6) is 0.0679. The highest BCUT2D eigenvalue weighted by Gasteiger charge is 2.20. The average molecular weight is 678 g/mol. The van der Waals surface area contributed by atoms with Gasteiger partial charge < -0.3 is 20.3 Å². The van der Waals surface area contributed by atoms with Crippen molar-refractivity contribution in [2.24, 2.45) is 0 Å². The highest BCUT2D eigenvalue weighted by Crippen LogP contribution is 2.31. The predicted octanol–water partition coefficient (Wildman–Crippen LogP) is 8.61. The number of halogens is 2. The first-order valence-electron chi connectivity index (χ1n) is 15.7. The van der Waals surface area contributed by atoms with E-state index < -0.39 is 6.09 Å². The van der Waals surface area contributed by atoms with Crippen molar-refractivity contribution in [1.82, 2.24) is 20.2 Å². The smallest absolute Gasteiger partial charge is 0.391 e. The van der Waals surface area contributed by atoms with Crippen LogP contribution in [0, 0.1) is 20.8 Å². The normalized spacial score (nSPS) is 11.0. The van der Waals surface area contributed by atoms with Crippen LogP contribution in [-0.4, -0.2) is 60.1 Å². The molecule has 2 amide bonds. The molecule has 0 aliphatic rings. The van der Waals surface area contributed by atoms with Gasteiger partial charge in [-0.05, 0) is 106 Å². The maximum atomic E-state index is 13.2. The van der Waals surface area contributed by atoms with E-state index in [1.807, 2.05) is 25.1 Å². The van der Waals surface area contributed by atoms with Crippen LogP contribution in [0.25, 0.3) is 11.3 Å². The van der Waals surface area contributed by atoms with E-state index in [-0.39, 0.29) is 17.7 Å². The van der Waals surface area contributed by atoms with Crippen LogP contribution in [0.2, 0.25) is 10.0 Å². The second-order valence-corrected chi connectivity index (χ2v) is 12.2. The zero-order chi connectivity index (χ0) is 34.1. The summed E-state index contributed by atoms with van der Waals surface area (Å²) in [5, 5.41) is 6.98. The molecule has 0 unspecified atom stereocenters. The molecule has 248 valence electrons. The molecule has 3 aromatic carbocycles. The lowest BCUT2D eigenvalue weighted by Gasteiger charge is -2.19. The number of aryl methyl sites for hydroxylation is 1. The second kappa shape index (κ2) is 16.6. The Bertz CT molecular complexity index is 1730. The van der Waals surface area contributed by atoms with Gasteiger partial charge in [-0.25, -0.2) is 9.78 Å². The number of aromatic nitrogens is 2. The van der Waals surface area contributed by atoms with Gasteiger partial charge in [0, 0.05) is 41.5 Å². The van der Waals surface area contributed by atoms with Gasteiger partial charge in [0.2, 0.25) is 11.8 Å². The Hall–Kier alpha value is -4.18. The number of hydrogen-bond donors (Lipinski definition) is 2. The van der Waals surface area contributed by atoms with E-state index in [0.29, 0.717) is 39.2 Å². The first kappa shape index (κ1) is 35.7. The third kappa shape index (κ3) is 9.44. The van der Waals surface area contributed by atoms with Crippen molar-refractivity contribution in [3.63, 3.8) is 0 Å². The number of unbranched alkanes of at least 4 members (excludes halogenated alkanes) is 1. The van der Waals surface area contributed by atoms with Crippen LogP contribution in [0.3, 0.4) is 0 Å². The molecule has 11 heteroatoms. The number of amides is 2. The van der Waals surface area contributed by atoms with Crippen molar-refractivity contribution in [1.29, 1.82) is 0 Å². The number of nitrogens with one attached hydrogen (secondary N) is 2. The molecule has 0 atom stereocenters. The van der Waals surface area contributed by atoms with Crippen LogP contribution >= 0.6 is 23.2 Å². The lowest BCUT2D eigenvalue weighted by molar-refractivity contribution is 0.0952. The third-order valence-corrected chi connectivity index (χ3v) is 8.79. The van der Waals surface area contributed by atoms with E-state index in [1.54, 1.807) is 42.5 Å². The lowest BCUT2D eigenvalue weighted by Crippen LogP contribution is -2.30. The fourth-order valence-electron chi connectivity index (χ4n) is 5.08. The summed E-state index contributed by atoms with van der Waals surface area (Å²) in [6, 6.07) is 17.6. The molecule has 0 saturated heterocycles. The van der Waals surface area contributed by atoms with Crippen molar-refractivity contribution in [2.75, 3.05) is 43.4 Å². The standard InChI is InChI=1S/C36H42Cl2N6O3/c1-7-44(8-2)19-10-9-18-39-34(45)26-12-11-13-28(20-26)40-35-41-31(29-16-14-23(3)24(4)25(29)5)22-33(42-35)47-36(46)43(6)32-21-27(37)15-17-30(32)38/h11-17,20-22H,7-10,18-19H2,1-6H3,(H,39,45)(H,40,41,42). The number of nitrogens with zero attached hydrogens (tertiary/aromatic N) is 4. The number of rotatable bonds is 13. The van der Waals surface area contributed by atoms with Crippen LogP contribution < -0.4 is 20.3 Å². The number of carbonyl (C=O) groups excluding carboxylic acids is 2. The van der Waals surface area contributed by atoms with E-state index in [4.69, 9.17) is 32.9 Å². The van der Waals surface area contributed by atoms with Crippen LogP contribution in [-0.2, 0) is 0 Å². The number of ether oxygens (including phenoxy) is 1. The van der Waals surface area contributed by atoms with Gasteiger partial charge in [-0.2, -0.15) is 4.98 Å². The van der Waals surface area contributed by atoms with Gasteiger partial charge in [-0.15, -0.1) is 0 Å². The van der Waals surface area contributed by atoms with Crippen molar-refractivity contribution in [2.45, 2.75) is 47.5 Å². The Kier molecular flexibility index (Phi) is 12.6. The van der Waals surface area contributed by atoms with Crippen LogP contribution in [0.5, 0.6) is 5.88 Å². The first-order valence-corrected chi connectivity index (χ1v) is 16.5. The van der Waals surface area contributed by atoms with Gasteiger partial charge in [0.25, 0.3) is 5.91 Å². The number of carbonyl (C=O) groups is 2. The fraction of sp³-hybridized carbons (Fsp3) is 0.333. The predicted molar refractivity (Wildman–Crippen MR) is 192 cm³/mol. The summed E-state index contributed by atoms with van der Waals surface area (Å²) < 4.78 is 5.74. The molecule has 2 N–H and O–H groups in total. The quantitative estimate of drug-likeness (QED) is 0.137. The molecular weight excluding hydrogens is 635 g/mol. The SMILES string of the molecule is CCN(CC)CCCCNC(=O)c1cccc(Nc2nc(OC(=O)N(C)c3cc(Cl)ccc3Cl)cc(-c3ccc(C)c(C)c3C)n2)c1. The molecule has 0 spiro atoms. The van der Waals surface area contributed by atoms with Gasteiger partial charge in [0.05, 0.1) is 16.4 Å². The highest BCUT2D eigenvalue weighted by atomic mass is 35.5. The molecule has 1 aromatic heterocycles. The minimum atomic E-state index is -0.711. The summed E-state index contributed by atoms with van der Waals surface area (Å²) in [4.78, 5) is 39.1. The fourth-order valence-corrected chi connectivity index (χ4v) is 5.49. The molecule has 0 saturated carbocycles. The molecule has 0 radical (unpaired) electrons. The second-order valence-electron chi connectivity index (χ2n) is 11.3. The summed E-state index contributed by atoms with van der Waals surface area (Å²) in [7, 11) is 1.54. The molecule has 4 aromatic rings. The molecule has 9 nitrogen and oxygen atoms in total. The molecule has 0 fully saturated rings. The van der Waals surface area contributed by atoms with E-state index >= 15 is 0 Å². The molecule has 0 aliphatic carbocycles. The Balaban J connectivity index is 1.57. The average Bonchev–Trinajstić information content (AvgIpc) is 3.06. The van der Waals surface area contributed by atoms with Gasteiger partial charge in [0.15, 0.2) is 0 Å². The minimum Gasteiger partial charge on any atom is -0.391 e. The van der Waals surface area contributed by atoms with E-state index in [1.165, 1.54) is 11.9 Å². The van der Waals surface area contributed by atoms with Gasteiger partial charge in [-0.1, -0.05) is 55.2 Å². The van der Waals surface area contributed by atoms with Gasteiger partial charge >= 0.3 is 6.09 Å². The van der Waals surface area contributed by atoms with Crippen molar-refractivity contribution >= 4 is 52.5 Å². The largest absolute Gasteiger partial charge is 0.420 e. The Morgan fingerprint density at radius 2 is 1.66 bits per heavy atom. The minimum absolute atomic E-state index is 0.0312. The number of hydrogen-bond acceptors (Lipinski definition) is 7. The molecule has 4 rings (SSSR count). The summed E-state index contributed by atoms with van der Waals surface area (Å²) >= 11 is 12.5. The van der Waals surface area contributed by atoms with Crippen LogP contribution in [0.15, 0.2) is 60.7 Å². The zero-order valence-electron chi connectivity index (χ0n) is 27.8. The number of anilines is 3. The van der Waals surface area contributed by atoms with Crippen molar-refractivity contribution < 1.29 is 14.3 Å². The van der Waals surface area contributed by atoms with Gasteiger partial charge in [0.1, 0.15) is 0 Å². The van der Waals surface area contributed by atoms with E-state index in [2.05, 4.69) is 48.2 Å². The van der Waals surface area contributed by atoms with Crippen molar-refractivity contribution in [3.8, 4) is 17.1 Å². The van der Waals surface area contributed by atoms with E-state index in [9.17, 15) is 9.59 Å². The molecule has 47 heavy (non-hydrogen) atoms. The Morgan fingerprint density at radius 1 is 0.894 bits per heavy atom. The molecule has 0 aliphatic heterocycles. The summed E-state index contributed by atoms with van der Waals surface area (Å²) in [5.41, 5.74) is 6.27. The maximum Gasteiger partial charge on any atom is 0.420 e. The Labute approximate surface area is 287 Å². The summed E-state index contributed by atoms with van der Waals surface area (Å²) in [6.45, 7) is 14.1. The lowest BCUT2D eigenvalue weighted by atomic mass is 9.97. The number of benzene rings is 3.